The second-order valence-electron chi connectivity index (χ2n) is 3.55. The van der Waals surface area contributed by atoms with E-state index in [4.69, 9.17) is 0 Å². The molecule has 0 atom stereocenters. The second-order valence-corrected chi connectivity index (χ2v) is 5.50. The molecule has 0 unspecified atom stereocenters. The third kappa shape index (κ3) is 7.58. The Labute approximate surface area is 221 Å². The summed E-state index contributed by atoms with van der Waals surface area (Å²) in [5, 5.41) is 0. The van der Waals surface area contributed by atoms with Gasteiger partial charge in [-0.1, -0.05) is 17.7 Å². The van der Waals surface area contributed by atoms with Crippen LogP contribution in [0.3, 0.4) is 0 Å². The fourth-order valence-electron chi connectivity index (χ4n) is 1.40. The molecule has 94 valence electrons. The van der Waals surface area contributed by atoms with Crippen LogP contribution in [0.4, 0.5) is 0 Å². The van der Waals surface area contributed by atoms with E-state index in [9.17, 15) is 8.42 Å². The Morgan fingerprint density at radius 1 is 0.750 bits per heavy atom. The van der Waals surface area contributed by atoms with Gasteiger partial charge in [-0.05, 0) is 24.0 Å². The first-order valence-electron chi connectivity index (χ1n) is 4.88. The molecular formula is C13H11O2SY4-. The third-order valence-electron chi connectivity index (χ3n) is 2.33. The van der Waals surface area contributed by atoms with Crippen LogP contribution in [0.1, 0.15) is 5.56 Å². The van der Waals surface area contributed by atoms with Crippen molar-refractivity contribution in [2.75, 3.05) is 0 Å². The molecule has 0 bridgehead atoms. The SMILES string of the molecule is Cc1ccc(S(=O)(=O)c2cc[c-]cc2)cc1.[Y].[Y].[Y].[Y]. The molecule has 7 heteroatoms. The zero-order valence-corrected chi connectivity index (χ0v) is 23.3. The van der Waals surface area contributed by atoms with Gasteiger partial charge in [0.05, 0.1) is 4.90 Å². The Kier molecular flexibility index (Phi) is 18.2. The zero-order chi connectivity index (χ0) is 11.6. The van der Waals surface area contributed by atoms with Crippen molar-refractivity contribution in [3.8, 4) is 0 Å². The van der Waals surface area contributed by atoms with Crippen LogP contribution < -0.4 is 0 Å². The van der Waals surface area contributed by atoms with Crippen LogP contribution in [-0.2, 0) is 141 Å². The van der Waals surface area contributed by atoms with Gasteiger partial charge in [-0.2, -0.15) is 30.3 Å². The maximum Gasteiger partial charge on any atom is 0.184 e. The molecule has 0 N–H and O–H groups in total. The Balaban J connectivity index is -0.000000722. The maximum atomic E-state index is 12.1. The Hall–Kier alpha value is 2.81. The predicted octanol–water partition coefficient (Wildman–Crippen LogP) is 2.62. The molecule has 0 aliphatic rings. The van der Waals surface area contributed by atoms with E-state index in [0.717, 1.165) is 5.56 Å². The fourth-order valence-corrected chi connectivity index (χ4v) is 2.67. The van der Waals surface area contributed by atoms with Crippen molar-refractivity contribution in [1.82, 2.24) is 0 Å². The Morgan fingerprint density at radius 2 is 1.15 bits per heavy atom. The van der Waals surface area contributed by atoms with Gasteiger partial charge in [0.25, 0.3) is 0 Å². The van der Waals surface area contributed by atoms with Crippen molar-refractivity contribution >= 4 is 9.84 Å². The predicted molar refractivity (Wildman–Crippen MR) is 61.9 cm³/mol. The van der Waals surface area contributed by atoms with Crippen LogP contribution in [0.2, 0.25) is 0 Å². The third-order valence-corrected chi connectivity index (χ3v) is 4.11. The summed E-state index contributed by atoms with van der Waals surface area (Å²) in [4.78, 5) is 0.624. The van der Waals surface area contributed by atoms with Crippen LogP contribution in [-0.4, -0.2) is 8.42 Å². The molecule has 2 nitrogen and oxygen atoms in total. The van der Waals surface area contributed by atoms with Crippen LogP contribution in [0.15, 0.2) is 58.3 Å². The van der Waals surface area contributed by atoms with E-state index in [1.807, 2.05) is 6.92 Å². The minimum Gasteiger partial charge on any atom is -0.221 e. The number of rotatable bonds is 2. The maximum absolute atomic E-state index is 12.1. The molecule has 0 aliphatic carbocycles. The quantitative estimate of drug-likeness (QED) is 0.508. The van der Waals surface area contributed by atoms with Gasteiger partial charge in [0.15, 0.2) is 9.84 Å². The number of aryl methyl sites for hydroxylation is 1. The molecular weight excluding hydrogens is 576 g/mol. The topological polar surface area (TPSA) is 34.1 Å². The Bertz CT molecular complexity index is 584. The molecule has 0 heterocycles. The zero-order valence-electron chi connectivity index (χ0n) is 11.2. The van der Waals surface area contributed by atoms with E-state index in [-0.39, 0.29) is 131 Å². The van der Waals surface area contributed by atoms with Crippen LogP contribution >= 0.6 is 0 Å². The molecule has 2 rings (SSSR count). The van der Waals surface area contributed by atoms with Crippen molar-refractivity contribution in [2.24, 2.45) is 0 Å². The number of hydrogen-bond acceptors (Lipinski definition) is 2. The van der Waals surface area contributed by atoms with Crippen molar-refractivity contribution in [3.63, 3.8) is 0 Å². The first kappa shape index (κ1) is 27.6. The number of sulfone groups is 1. The van der Waals surface area contributed by atoms with Gasteiger partial charge >= 0.3 is 0 Å². The summed E-state index contributed by atoms with van der Waals surface area (Å²) in [6.45, 7) is 1.92. The van der Waals surface area contributed by atoms with Crippen LogP contribution in [0.25, 0.3) is 0 Å². The summed E-state index contributed by atoms with van der Waals surface area (Å²) in [5.74, 6) is 0. The molecule has 2 aromatic carbocycles. The summed E-state index contributed by atoms with van der Waals surface area (Å²) in [5.41, 5.74) is 1.04. The van der Waals surface area contributed by atoms with Gasteiger partial charge in [-0.15, -0.1) is 0 Å². The fraction of sp³-hybridized carbons (Fsp3) is 0.0769. The smallest absolute Gasteiger partial charge is 0.184 e. The molecule has 0 aliphatic heterocycles. The van der Waals surface area contributed by atoms with E-state index in [1.165, 1.54) is 0 Å². The molecule has 0 amide bonds. The number of benzene rings is 2. The summed E-state index contributed by atoms with van der Waals surface area (Å²) in [6, 6.07) is 15.9. The molecule has 0 spiro atoms. The van der Waals surface area contributed by atoms with E-state index < -0.39 is 9.84 Å². The standard InChI is InChI=1S/C13H11O2S.4Y/c1-11-7-9-13(10-8-11)16(14,15)12-5-3-2-4-6-12;;;;/h3-10H,1H3;;;;/q-1;;;;. The normalized spacial score (nSPS) is 9.05. The largest absolute Gasteiger partial charge is 0.221 e. The van der Waals surface area contributed by atoms with E-state index in [2.05, 4.69) is 6.07 Å². The van der Waals surface area contributed by atoms with Crippen LogP contribution in [0, 0.1) is 13.0 Å². The molecule has 0 saturated carbocycles. The van der Waals surface area contributed by atoms with Gasteiger partial charge in [0.2, 0.25) is 0 Å². The molecule has 4 radical (unpaired) electrons. The summed E-state index contributed by atoms with van der Waals surface area (Å²) >= 11 is 0. The number of hydrogen-bond donors (Lipinski definition) is 0. The average Bonchev–Trinajstić information content (AvgIpc) is 2.31. The minimum absolute atomic E-state index is 0. The first-order chi connectivity index (χ1) is 7.60. The van der Waals surface area contributed by atoms with Crippen molar-refractivity contribution in [2.45, 2.75) is 16.7 Å². The molecule has 0 saturated heterocycles. The van der Waals surface area contributed by atoms with Crippen molar-refractivity contribution in [3.05, 3.63) is 60.2 Å². The van der Waals surface area contributed by atoms with Crippen LogP contribution in [0.5, 0.6) is 0 Å². The van der Waals surface area contributed by atoms with E-state index in [1.54, 1.807) is 48.5 Å². The Morgan fingerprint density at radius 3 is 1.60 bits per heavy atom. The van der Waals surface area contributed by atoms with Gasteiger partial charge in [-0.25, -0.2) is 8.42 Å². The average molecular weight is 587 g/mol. The molecule has 2 aromatic rings. The van der Waals surface area contributed by atoms with Gasteiger partial charge < -0.3 is 0 Å². The molecule has 0 aromatic heterocycles. The minimum atomic E-state index is -3.38. The molecule has 20 heavy (non-hydrogen) atoms. The van der Waals surface area contributed by atoms with Gasteiger partial charge in [-0.3, -0.25) is 0 Å². The summed E-state index contributed by atoms with van der Waals surface area (Å²) in [7, 11) is -3.38. The van der Waals surface area contributed by atoms with E-state index >= 15 is 0 Å². The summed E-state index contributed by atoms with van der Waals surface area (Å²) in [6.07, 6.45) is 0. The van der Waals surface area contributed by atoms with Crippen molar-refractivity contribution < 1.29 is 139 Å². The van der Waals surface area contributed by atoms with Gasteiger partial charge in [0.1, 0.15) is 0 Å². The summed E-state index contributed by atoms with van der Waals surface area (Å²) < 4.78 is 24.3. The molecule has 0 fully saturated rings. The second kappa shape index (κ2) is 13.1. The van der Waals surface area contributed by atoms with Crippen molar-refractivity contribution in [1.29, 1.82) is 0 Å². The van der Waals surface area contributed by atoms with Gasteiger partial charge in [0, 0.05) is 131 Å². The monoisotopic (exact) mass is 587 g/mol. The first-order valence-corrected chi connectivity index (χ1v) is 6.37. The van der Waals surface area contributed by atoms with E-state index in [0.29, 0.717) is 9.79 Å².